The number of carbonyl (C=O) groups is 1. The number of sulfonamides is 1. The third kappa shape index (κ3) is 3.60. The highest BCUT2D eigenvalue weighted by atomic mass is 32.2. The minimum Gasteiger partial charge on any atom is -0.469 e. The van der Waals surface area contributed by atoms with Crippen molar-refractivity contribution in [3.63, 3.8) is 0 Å². The van der Waals surface area contributed by atoms with Gasteiger partial charge in [0, 0.05) is 5.56 Å². The second-order valence-corrected chi connectivity index (χ2v) is 6.11. The highest BCUT2D eigenvalue weighted by molar-refractivity contribution is 7.92. The third-order valence-corrected chi connectivity index (χ3v) is 4.24. The van der Waals surface area contributed by atoms with E-state index >= 15 is 0 Å². The van der Waals surface area contributed by atoms with Crippen LogP contribution in [0.2, 0.25) is 0 Å². The van der Waals surface area contributed by atoms with Gasteiger partial charge in [-0.3, -0.25) is 14.6 Å². The monoisotopic (exact) mass is 309 g/mol. The van der Waals surface area contributed by atoms with Gasteiger partial charge in [0.2, 0.25) is 0 Å². The number of nitrogens with zero attached hydrogens (tertiary/aromatic N) is 1. The van der Waals surface area contributed by atoms with Gasteiger partial charge >= 0.3 is 5.97 Å². The first kappa shape index (κ1) is 15.0. The van der Waals surface area contributed by atoms with E-state index in [1.165, 1.54) is 25.4 Å². The van der Waals surface area contributed by atoms with Crippen molar-refractivity contribution in [1.29, 1.82) is 0 Å². The maximum absolute atomic E-state index is 12.2. The lowest BCUT2D eigenvalue weighted by molar-refractivity contribution is -0.139. The summed E-state index contributed by atoms with van der Waals surface area (Å²) in [5.41, 5.74) is 1.37. The molecule has 1 heterocycles. The summed E-state index contributed by atoms with van der Waals surface area (Å²) in [4.78, 5) is 11.3. The lowest BCUT2D eigenvalue weighted by Crippen LogP contribution is -2.14. The van der Waals surface area contributed by atoms with Gasteiger partial charge in [-0.25, -0.2) is 8.42 Å². The van der Waals surface area contributed by atoms with Crippen molar-refractivity contribution < 1.29 is 17.9 Å². The summed E-state index contributed by atoms with van der Waals surface area (Å²) in [6, 6.07) is 6.02. The number of benzene rings is 1. The number of hydrogen-bond donors (Lipinski definition) is 2. The molecule has 7 nitrogen and oxygen atoms in total. The number of aromatic nitrogens is 2. The highest BCUT2D eigenvalue weighted by Crippen LogP contribution is 2.17. The molecule has 0 aliphatic rings. The lowest BCUT2D eigenvalue weighted by atomic mass is 10.2. The predicted octanol–water partition coefficient (Wildman–Crippen LogP) is 1.23. The second kappa shape index (κ2) is 5.96. The fraction of sp³-hybridized carbons (Fsp3) is 0.231. The van der Waals surface area contributed by atoms with Crippen molar-refractivity contribution in [2.24, 2.45) is 0 Å². The third-order valence-electron chi connectivity index (χ3n) is 2.88. The van der Waals surface area contributed by atoms with E-state index in [-0.39, 0.29) is 17.3 Å². The zero-order chi connectivity index (χ0) is 15.5. The first-order valence-electron chi connectivity index (χ1n) is 6.11. The van der Waals surface area contributed by atoms with Gasteiger partial charge in [-0.15, -0.1) is 0 Å². The van der Waals surface area contributed by atoms with Crippen molar-refractivity contribution in [1.82, 2.24) is 10.2 Å². The Bertz CT molecular complexity index is 735. The van der Waals surface area contributed by atoms with Gasteiger partial charge in [0.15, 0.2) is 0 Å². The van der Waals surface area contributed by atoms with Gasteiger partial charge < -0.3 is 4.74 Å². The van der Waals surface area contributed by atoms with Crippen LogP contribution in [-0.2, 0) is 26.0 Å². The minimum absolute atomic E-state index is 0.101. The molecule has 0 amide bonds. The van der Waals surface area contributed by atoms with E-state index in [0.29, 0.717) is 16.9 Å². The van der Waals surface area contributed by atoms with E-state index in [4.69, 9.17) is 0 Å². The van der Waals surface area contributed by atoms with Crippen LogP contribution in [0, 0.1) is 6.92 Å². The molecule has 0 saturated carbocycles. The molecule has 0 radical (unpaired) electrons. The SMILES string of the molecule is COC(=O)Cc1ccc(S(=O)(=O)Nc2[nH]ncc2C)cc1. The summed E-state index contributed by atoms with van der Waals surface area (Å²) in [7, 11) is -2.39. The Morgan fingerprint density at radius 2 is 2.00 bits per heavy atom. The number of anilines is 1. The van der Waals surface area contributed by atoms with Gasteiger partial charge in [-0.2, -0.15) is 5.10 Å². The van der Waals surface area contributed by atoms with E-state index < -0.39 is 10.0 Å². The van der Waals surface area contributed by atoms with Crippen LogP contribution in [0.15, 0.2) is 35.4 Å². The van der Waals surface area contributed by atoms with Gasteiger partial charge in [0.25, 0.3) is 10.0 Å². The Kier molecular flexibility index (Phi) is 4.27. The topological polar surface area (TPSA) is 101 Å². The average Bonchev–Trinajstić information content (AvgIpc) is 2.84. The van der Waals surface area contributed by atoms with Crippen LogP contribution in [0.5, 0.6) is 0 Å². The standard InChI is InChI=1S/C13H15N3O4S/c1-9-8-14-15-13(9)16-21(18,19)11-5-3-10(4-6-11)7-12(17)20-2/h3-6,8H,7H2,1-2H3,(H2,14,15,16). The van der Waals surface area contributed by atoms with Gasteiger partial charge in [0.1, 0.15) is 5.82 Å². The molecule has 2 aromatic rings. The molecule has 0 unspecified atom stereocenters. The average molecular weight is 309 g/mol. The zero-order valence-electron chi connectivity index (χ0n) is 11.6. The molecular weight excluding hydrogens is 294 g/mol. The molecule has 0 saturated heterocycles. The Hall–Kier alpha value is -2.35. The largest absolute Gasteiger partial charge is 0.469 e. The van der Waals surface area contributed by atoms with Crippen molar-refractivity contribution in [3.8, 4) is 0 Å². The number of aromatic amines is 1. The Labute approximate surface area is 122 Å². The normalized spacial score (nSPS) is 11.1. The molecule has 0 bridgehead atoms. The van der Waals surface area contributed by atoms with Crippen LogP contribution >= 0.6 is 0 Å². The van der Waals surface area contributed by atoms with Gasteiger partial charge in [-0.1, -0.05) is 12.1 Å². The highest BCUT2D eigenvalue weighted by Gasteiger charge is 2.16. The number of aryl methyl sites for hydroxylation is 1. The molecule has 0 spiro atoms. The summed E-state index contributed by atoms with van der Waals surface area (Å²) >= 11 is 0. The first-order chi connectivity index (χ1) is 9.92. The maximum atomic E-state index is 12.2. The number of nitrogens with one attached hydrogen (secondary N) is 2. The summed E-state index contributed by atoms with van der Waals surface area (Å²) in [6.45, 7) is 1.74. The fourth-order valence-electron chi connectivity index (χ4n) is 1.67. The van der Waals surface area contributed by atoms with E-state index in [2.05, 4.69) is 19.7 Å². The number of methoxy groups -OCH3 is 1. The number of hydrogen-bond acceptors (Lipinski definition) is 5. The lowest BCUT2D eigenvalue weighted by Gasteiger charge is -2.07. The molecule has 2 N–H and O–H groups in total. The number of H-pyrrole nitrogens is 1. The molecule has 112 valence electrons. The van der Waals surface area contributed by atoms with Gasteiger partial charge in [0.05, 0.1) is 24.6 Å². The van der Waals surface area contributed by atoms with Crippen molar-refractivity contribution >= 4 is 21.8 Å². The molecule has 0 aliphatic carbocycles. The maximum Gasteiger partial charge on any atom is 0.309 e. The quantitative estimate of drug-likeness (QED) is 0.809. The Morgan fingerprint density at radius 3 is 2.52 bits per heavy atom. The number of esters is 1. The molecular formula is C13H15N3O4S. The molecule has 0 fully saturated rings. The molecule has 0 aliphatic heterocycles. The van der Waals surface area contributed by atoms with Crippen LogP contribution in [0.3, 0.4) is 0 Å². The summed E-state index contributed by atoms with van der Waals surface area (Å²) in [5, 5.41) is 6.33. The minimum atomic E-state index is -3.69. The predicted molar refractivity (Wildman–Crippen MR) is 76.3 cm³/mol. The number of rotatable bonds is 5. The molecule has 0 atom stereocenters. The van der Waals surface area contributed by atoms with E-state index in [1.807, 2.05) is 0 Å². The van der Waals surface area contributed by atoms with Crippen LogP contribution in [-0.4, -0.2) is 31.7 Å². The van der Waals surface area contributed by atoms with Crippen LogP contribution in [0.25, 0.3) is 0 Å². The van der Waals surface area contributed by atoms with E-state index in [1.54, 1.807) is 19.1 Å². The Balaban J connectivity index is 2.17. The van der Waals surface area contributed by atoms with Crippen LogP contribution < -0.4 is 4.72 Å². The zero-order valence-corrected chi connectivity index (χ0v) is 12.4. The molecule has 8 heteroatoms. The molecule has 1 aromatic carbocycles. The van der Waals surface area contributed by atoms with Crippen molar-refractivity contribution in [3.05, 3.63) is 41.6 Å². The smallest absolute Gasteiger partial charge is 0.309 e. The van der Waals surface area contributed by atoms with Crippen molar-refractivity contribution in [2.45, 2.75) is 18.2 Å². The molecule has 2 rings (SSSR count). The van der Waals surface area contributed by atoms with E-state index in [0.717, 1.165) is 0 Å². The summed E-state index contributed by atoms with van der Waals surface area (Å²) in [6.07, 6.45) is 1.63. The van der Waals surface area contributed by atoms with Gasteiger partial charge in [-0.05, 0) is 24.6 Å². The summed E-state index contributed by atoms with van der Waals surface area (Å²) < 4.78 is 31.4. The number of ether oxygens (including phenoxy) is 1. The first-order valence-corrected chi connectivity index (χ1v) is 7.59. The fourth-order valence-corrected chi connectivity index (χ4v) is 2.76. The molecule has 1 aromatic heterocycles. The second-order valence-electron chi connectivity index (χ2n) is 4.43. The number of carbonyl (C=O) groups excluding carboxylic acids is 1. The van der Waals surface area contributed by atoms with Crippen LogP contribution in [0.1, 0.15) is 11.1 Å². The Morgan fingerprint density at radius 1 is 1.33 bits per heavy atom. The van der Waals surface area contributed by atoms with Crippen LogP contribution in [0.4, 0.5) is 5.82 Å². The van der Waals surface area contributed by atoms with E-state index in [9.17, 15) is 13.2 Å². The van der Waals surface area contributed by atoms with Crippen molar-refractivity contribution in [2.75, 3.05) is 11.8 Å². The summed E-state index contributed by atoms with van der Waals surface area (Å²) in [5.74, 6) is -0.0505. The molecule has 21 heavy (non-hydrogen) atoms.